The Kier molecular flexibility index (Phi) is 4.48. The van der Waals surface area contributed by atoms with E-state index in [-0.39, 0.29) is 12.1 Å². The molecule has 0 aliphatic carbocycles. The van der Waals surface area contributed by atoms with Crippen LogP contribution in [0.4, 0.5) is 0 Å². The van der Waals surface area contributed by atoms with Gasteiger partial charge in [0.25, 0.3) is 5.56 Å². The lowest BCUT2D eigenvalue weighted by molar-refractivity contribution is 0.651. The van der Waals surface area contributed by atoms with Crippen molar-refractivity contribution in [2.24, 2.45) is 7.05 Å². The summed E-state index contributed by atoms with van der Waals surface area (Å²) in [6.07, 6.45) is 1.91. The molecule has 3 aromatic heterocycles. The number of allylic oxidation sites excluding steroid dienone is 1. The third kappa shape index (κ3) is 2.93. The Bertz CT molecular complexity index is 1610. The lowest BCUT2D eigenvalue weighted by Crippen LogP contribution is -2.39. The molecule has 0 aliphatic rings. The Balaban J connectivity index is 1.93. The van der Waals surface area contributed by atoms with E-state index < -0.39 is 5.69 Å². The molecule has 0 saturated carbocycles. The van der Waals surface area contributed by atoms with Gasteiger partial charge < -0.3 is 0 Å². The molecular weight excluding hydrogens is 402 g/mol. The summed E-state index contributed by atoms with van der Waals surface area (Å²) in [5.41, 5.74) is 4.64. The zero-order valence-corrected chi connectivity index (χ0v) is 18.2. The van der Waals surface area contributed by atoms with Crippen molar-refractivity contribution in [2.75, 3.05) is 0 Å². The number of benzene rings is 2. The van der Waals surface area contributed by atoms with Gasteiger partial charge >= 0.3 is 5.69 Å². The van der Waals surface area contributed by atoms with Gasteiger partial charge in [-0.2, -0.15) is 4.98 Å². The van der Waals surface area contributed by atoms with Gasteiger partial charge in [0.05, 0.1) is 12.2 Å². The minimum Gasteiger partial charge on any atom is -0.279 e. The average Bonchev–Trinajstić information content (AvgIpc) is 3.33. The molecule has 32 heavy (non-hydrogen) atoms. The van der Waals surface area contributed by atoms with Crippen LogP contribution in [0.5, 0.6) is 0 Å². The van der Waals surface area contributed by atoms with E-state index in [2.05, 4.69) is 6.58 Å². The highest BCUT2D eigenvalue weighted by molar-refractivity contribution is 5.79. The Labute approximate surface area is 184 Å². The summed E-state index contributed by atoms with van der Waals surface area (Å²) in [5.74, 6) is 0.572. The molecule has 0 saturated heterocycles. The lowest BCUT2D eigenvalue weighted by atomic mass is 10.1. The van der Waals surface area contributed by atoms with Gasteiger partial charge in [0, 0.05) is 24.5 Å². The van der Waals surface area contributed by atoms with E-state index in [1.807, 2.05) is 72.3 Å². The van der Waals surface area contributed by atoms with Gasteiger partial charge in [-0.25, -0.2) is 4.79 Å². The van der Waals surface area contributed by atoms with Crippen molar-refractivity contribution in [3.63, 3.8) is 0 Å². The molecule has 160 valence electrons. The summed E-state index contributed by atoms with van der Waals surface area (Å²) in [7, 11) is 1.64. The van der Waals surface area contributed by atoms with E-state index >= 15 is 0 Å². The molecule has 0 bridgehead atoms. The van der Waals surface area contributed by atoms with Crippen LogP contribution in [0, 0.1) is 6.92 Å². The third-order valence-electron chi connectivity index (χ3n) is 5.64. The second kappa shape index (κ2) is 7.23. The van der Waals surface area contributed by atoms with Crippen LogP contribution in [-0.4, -0.2) is 23.1 Å². The van der Waals surface area contributed by atoms with Crippen LogP contribution in [0.3, 0.4) is 0 Å². The summed E-state index contributed by atoms with van der Waals surface area (Å²) in [6.45, 7) is 7.86. The first-order chi connectivity index (χ1) is 15.4. The molecule has 0 atom stereocenters. The standard InChI is InChI=1S/C25H23N5O2/c1-16(2)14-29-23(31)21-22(27(4)25(29)32)26-24-28(21)15-20(18-8-6-5-7-9-18)30(24)19-12-10-17(3)11-13-19/h5-13,15H,1,14H2,2-4H3. The first-order valence-electron chi connectivity index (χ1n) is 10.4. The molecule has 3 heterocycles. The summed E-state index contributed by atoms with van der Waals surface area (Å²) in [4.78, 5) is 31.0. The maximum absolute atomic E-state index is 13.4. The second-order valence-electron chi connectivity index (χ2n) is 8.20. The molecule has 0 spiro atoms. The van der Waals surface area contributed by atoms with Crippen molar-refractivity contribution in [3.05, 3.63) is 99.3 Å². The summed E-state index contributed by atoms with van der Waals surface area (Å²) >= 11 is 0. The van der Waals surface area contributed by atoms with Crippen molar-refractivity contribution in [1.82, 2.24) is 23.1 Å². The average molecular weight is 425 g/mol. The second-order valence-corrected chi connectivity index (χ2v) is 8.20. The number of fused-ring (bicyclic) bond motifs is 3. The highest BCUT2D eigenvalue weighted by Crippen LogP contribution is 2.28. The van der Waals surface area contributed by atoms with Gasteiger partial charge in [-0.3, -0.25) is 22.9 Å². The predicted octanol–water partition coefficient (Wildman–Crippen LogP) is 3.69. The number of aromatic nitrogens is 5. The fourth-order valence-corrected chi connectivity index (χ4v) is 4.07. The van der Waals surface area contributed by atoms with E-state index in [0.717, 1.165) is 28.1 Å². The van der Waals surface area contributed by atoms with E-state index in [4.69, 9.17) is 4.98 Å². The largest absolute Gasteiger partial charge is 0.332 e. The van der Waals surface area contributed by atoms with Crippen molar-refractivity contribution >= 4 is 16.9 Å². The van der Waals surface area contributed by atoms with Crippen LogP contribution in [-0.2, 0) is 13.6 Å². The van der Waals surface area contributed by atoms with E-state index in [1.165, 1.54) is 9.13 Å². The number of aryl methyl sites for hydroxylation is 2. The fourth-order valence-electron chi connectivity index (χ4n) is 4.07. The van der Waals surface area contributed by atoms with Gasteiger partial charge in [0.1, 0.15) is 0 Å². The first-order valence-corrected chi connectivity index (χ1v) is 10.4. The van der Waals surface area contributed by atoms with E-state index in [1.54, 1.807) is 18.4 Å². The van der Waals surface area contributed by atoms with Crippen LogP contribution in [0.2, 0.25) is 0 Å². The number of hydrogen-bond acceptors (Lipinski definition) is 3. The Morgan fingerprint density at radius 2 is 1.72 bits per heavy atom. The Hall–Kier alpha value is -4.13. The van der Waals surface area contributed by atoms with Crippen LogP contribution >= 0.6 is 0 Å². The monoisotopic (exact) mass is 425 g/mol. The molecule has 0 fully saturated rings. The molecule has 0 N–H and O–H groups in total. The number of nitrogens with zero attached hydrogens (tertiary/aromatic N) is 5. The lowest BCUT2D eigenvalue weighted by Gasteiger charge is -2.09. The molecule has 0 radical (unpaired) electrons. The molecule has 5 aromatic rings. The van der Waals surface area contributed by atoms with Gasteiger partial charge in [0.15, 0.2) is 11.2 Å². The zero-order chi connectivity index (χ0) is 22.6. The zero-order valence-electron chi connectivity index (χ0n) is 18.2. The van der Waals surface area contributed by atoms with Crippen LogP contribution < -0.4 is 11.2 Å². The van der Waals surface area contributed by atoms with Crippen LogP contribution in [0.15, 0.2) is 82.5 Å². The van der Waals surface area contributed by atoms with E-state index in [0.29, 0.717) is 16.9 Å². The minimum absolute atomic E-state index is 0.166. The molecule has 7 nitrogen and oxygen atoms in total. The van der Waals surface area contributed by atoms with Crippen molar-refractivity contribution in [2.45, 2.75) is 20.4 Å². The normalized spacial score (nSPS) is 11.5. The van der Waals surface area contributed by atoms with Gasteiger partial charge in [0.2, 0.25) is 5.78 Å². The van der Waals surface area contributed by atoms with Crippen LogP contribution in [0.25, 0.3) is 33.9 Å². The molecule has 5 rings (SSSR count). The number of hydrogen-bond donors (Lipinski definition) is 0. The highest BCUT2D eigenvalue weighted by Gasteiger charge is 2.22. The topological polar surface area (TPSA) is 66.2 Å². The Morgan fingerprint density at radius 3 is 2.38 bits per heavy atom. The summed E-state index contributed by atoms with van der Waals surface area (Å²) in [5, 5.41) is 0. The van der Waals surface area contributed by atoms with Gasteiger partial charge in [-0.05, 0) is 26.0 Å². The maximum Gasteiger partial charge on any atom is 0.332 e. The molecule has 0 unspecified atom stereocenters. The molecule has 0 amide bonds. The fraction of sp³-hybridized carbons (Fsp3) is 0.160. The van der Waals surface area contributed by atoms with Gasteiger partial charge in [-0.15, -0.1) is 0 Å². The van der Waals surface area contributed by atoms with E-state index in [9.17, 15) is 9.59 Å². The Morgan fingerprint density at radius 1 is 1.03 bits per heavy atom. The van der Waals surface area contributed by atoms with Crippen molar-refractivity contribution in [3.8, 4) is 16.9 Å². The molecule has 2 aromatic carbocycles. The van der Waals surface area contributed by atoms with Crippen LogP contribution in [0.1, 0.15) is 12.5 Å². The SMILES string of the molecule is C=C(C)Cn1c(=O)c2c(nc3n(-c4ccc(C)cc4)c(-c4ccccc4)cn23)n(C)c1=O. The number of imidazole rings is 2. The van der Waals surface area contributed by atoms with Crippen molar-refractivity contribution < 1.29 is 0 Å². The van der Waals surface area contributed by atoms with Crippen molar-refractivity contribution in [1.29, 1.82) is 0 Å². The third-order valence-corrected chi connectivity index (χ3v) is 5.64. The minimum atomic E-state index is -0.406. The molecular formula is C25H23N5O2. The first kappa shape index (κ1) is 19.8. The maximum atomic E-state index is 13.4. The highest BCUT2D eigenvalue weighted by atomic mass is 16.2. The quantitative estimate of drug-likeness (QED) is 0.413. The predicted molar refractivity (Wildman–Crippen MR) is 127 cm³/mol. The summed E-state index contributed by atoms with van der Waals surface area (Å²) in [6, 6.07) is 18.1. The number of rotatable bonds is 4. The molecule has 0 aliphatic heterocycles. The van der Waals surface area contributed by atoms with Gasteiger partial charge in [-0.1, -0.05) is 60.2 Å². The summed E-state index contributed by atoms with van der Waals surface area (Å²) < 4.78 is 6.44. The molecule has 7 heteroatoms. The smallest absolute Gasteiger partial charge is 0.279 e.